The number of aromatic nitrogens is 2. The molecule has 0 saturated heterocycles. The Kier molecular flexibility index (Phi) is 6.94. The fourth-order valence-corrected chi connectivity index (χ4v) is 1.74. The van der Waals surface area contributed by atoms with Crippen LogP contribution in [0.4, 0.5) is 4.79 Å². The second-order valence-electron chi connectivity index (χ2n) is 3.96. The molecule has 0 aromatic carbocycles. The quantitative estimate of drug-likeness (QED) is 0.623. The first kappa shape index (κ1) is 15.5. The lowest BCUT2D eigenvalue weighted by molar-refractivity contribution is -0.137. The highest BCUT2D eigenvalue weighted by Gasteiger charge is 2.01. The third-order valence-corrected chi connectivity index (χ3v) is 2.71. The van der Waals surface area contributed by atoms with Crippen molar-refractivity contribution in [1.82, 2.24) is 20.4 Å². The smallest absolute Gasteiger partial charge is 0.314 e. The highest BCUT2D eigenvalue weighted by molar-refractivity contribution is 9.10. The Morgan fingerprint density at radius 3 is 2.58 bits per heavy atom. The van der Waals surface area contributed by atoms with Crippen molar-refractivity contribution in [2.75, 3.05) is 13.1 Å². The number of halogens is 1. The minimum Gasteiger partial charge on any atom is -0.481 e. The molecular weight excluding hydrogens is 316 g/mol. The van der Waals surface area contributed by atoms with Gasteiger partial charge in [0.05, 0.1) is 10.7 Å². The van der Waals surface area contributed by atoms with Gasteiger partial charge in [-0.25, -0.2) is 4.79 Å². The number of carbonyl (C=O) groups is 2. The number of rotatable bonds is 8. The maximum absolute atomic E-state index is 11.3. The van der Waals surface area contributed by atoms with Gasteiger partial charge in [-0.05, 0) is 28.8 Å². The van der Waals surface area contributed by atoms with Crippen LogP contribution in [0.15, 0.2) is 16.9 Å². The van der Waals surface area contributed by atoms with Gasteiger partial charge in [-0.15, -0.1) is 0 Å². The Balaban J connectivity index is 1.99. The molecule has 2 amide bonds. The number of nitrogens with zero attached hydrogens (tertiary/aromatic N) is 2. The Labute approximate surface area is 119 Å². The van der Waals surface area contributed by atoms with E-state index in [2.05, 4.69) is 31.7 Å². The Morgan fingerprint density at radius 1 is 1.32 bits per heavy atom. The van der Waals surface area contributed by atoms with Gasteiger partial charge in [0.25, 0.3) is 0 Å². The summed E-state index contributed by atoms with van der Waals surface area (Å²) in [6.07, 6.45) is 4.85. The zero-order valence-electron chi connectivity index (χ0n) is 10.4. The Bertz CT molecular complexity index is 422. The molecule has 0 spiro atoms. The second-order valence-corrected chi connectivity index (χ2v) is 4.87. The number of hydrogen-bond acceptors (Lipinski definition) is 3. The number of aliphatic carboxylic acids is 1. The summed E-state index contributed by atoms with van der Waals surface area (Å²) in [5.41, 5.74) is 0. The molecule has 0 fully saturated rings. The molecule has 0 unspecified atom stereocenters. The lowest BCUT2D eigenvalue weighted by Crippen LogP contribution is -2.36. The molecular formula is C11H17BrN4O3. The van der Waals surface area contributed by atoms with Crippen LogP contribution in [0.25, 0.3) is 0 Å². The summed E-state index contributed by atoms with van der Waals surface area (Å²) < 4.78 is 2.72. The van der Waals surface area contributed by atoms with E-state index in [1.165, 1.54) is 0 Å². The molecule has 106 valence electrons. The molecule has 1 aromatic heterocycles. The van der Waals surface area contributed by atoms with Gasteiger partial charge in [0.15, 0.2) is 0 Å². The first-order chi connectivity index (χ1) is 9.08. The topological polar surface area (TPSA) is 96.3 Å². The molecule has 7 nitrogen and oxygen atoms in total. The molecule has 0 aliphatic heterocycles. The van der Waals surface area contributed by atoms with E-state index in [9.17, 15) is 9.59 Å². The van der Waals surface area contributed by atoms with Crippen LogP contribution in [-0.4, -0.2) is 40.0 Å². The van der Waals surface area contributed by atoms with Gasteiger partial charge < -0.3 is 15.7 Å². The number of hydrogen-bond donors (Lipinski definition) is 3. The molecule has 3 N–H and O–H groups in total. The van der Waals surface area contributed by atoms with Crippen molar-refractivity contribution < 1.29 is 14.7 Å². The van der Waals surface area contributed by atoms with E-state index in [-0.39, 0.29) is 12.5 Å². The monoisotopic (exact) mass is 332 g/mol. The zero-order valence-corrected chi connectivity index (χ0v) is 12.0. The van der Waals surface area contributed by atoms with Gasteiger partial charge in [-0.1, -0.05) is 0 Å². The molecule has 0 aliphatic carbocycles. The van der Waals surface area contributed by atoms with E-state index in [1.807, 2.05) is 6.20 Å². The van der Waals surface area contributed by atoms with Crippen molar-refractivity contribution in [2.24, 2.45) is 0 Å². The van der Waals surface area contributed by atoms with E-state index in [0.717, 1.165) is 17.4 Å². The van der Waals surface area contributed by atoms with Gasteiger partial charge >= 0.3 is 12.0 Å². The van der Waals surface area contributed by atoms with Crippen molar-refractivity contribution in [3.8, 4) is 0 Å². The minimum absolute atomic E-state index is 0.0639. The maximum Gasteiger partial charge on any atom is 0.314 e. The molecule has 1 rings (SSSR count). The Morgan fingerprint density at radius 2 is 2.00 bits per heavy atom. The minimum atomic E-state index is -0.854. The Hall–Kier alpha value is -1.57. The van der Waals surface area contributed by atoms with Crippen LogP contribution < -0.4 is 10.6 Å². The molecule has 0 saturated carbocycles. The summed E-state index contributed by atoms with van der Waals surface area (Å²) in [6, 6.07) is -0.271. The molecule has 19 heavy (non-hydrogen) atoms. The van der Waals surface area contributed by atoms with Crippen LogP contribution >= 0.6 is 15.9 Å². The second kappa shape index (κ2) is 8.52. The van der Waals surface area contributed by atoms with Crippen LogP contribution in [-0.2, 0) is 11.3 Å². The molecule has 0 aliphatic rings. The molecule has 1 aromatic rings. The third kappa shape index (κ3) is 7.45. The average molecular weight is 333 g/mol. The van der Waals surface area contributed by atoms with E-state index in [4.69, 9.17) is 5.11 Å². The van der Waals surface area contributed by atoms with Crippen LogP contribution in [0, 0.1) is 0 Å². The molecule has 0 radical (unpaired) electrons. The number of urea groups is 1. The summed E-state index contributed by atoms with van der Waals surface area (Å²) >= 11 is 3.30. The van der Waals surface area contributed by atoms with Crippen molar-refractivity contribution in [3.63, 3.8) is 0 Å². The SMILES string of the molecule is O=C(O)CCCNC(=O)NCCCn1cc(Br)cn1. The van der Waals surface area contributed by atoms with Gasteiger partial charge in [-0.3, -0.25) is 9.48 Å². The predicted molar refractivity (Wildman–Crippen MR) is 72.8 cm³/mol. The largest absolute Gasteiger partial charge is 0.481 e. The number of nitrogens with one attached hydrogen (secondary N) is 2. The number of amides is 2. The normalized spacial score (nSPS) is 10.2. The van der Waals surface area contributed by atoms with Gasteiger partial charge in [0.1, 0.15) is 0 Å². The lowest BCUT2D eigenvalue weighted by Gasteiger charge is -2.07. The van der Waals surface area contributed by atoms with Crippen molar-refractivity contribution >= 4 is 27.9 Å². The van der Waals surface area contributed by atoms with Crippen molar-refractivity contribution in [3.05, 3.63) is 16.9 Å². The van der Waals surface area contributed by atoms with Gasteiger partial charge in [0.2, 0.25) is 0 Å². The molecule has 0 atom stereocenters. The number of carboxylic acids is 1. The summed E-state index contributed by atoms with van der Waals surface area (Å²) in [5.74, 6) is -0.854. The third-order valence-electron chi connectivity index (χ3n) is 2.30. The number of carboxylic acid groups (broad SMARTS) is 1. The van der Waals surface area contributed by atoms with E-state index in [1.54, 1.807) is 10.9 Å². The summed E-state index contributed by atoms with van der Waals surface area (Å²) in [4.78, 5) is 21.6. The summed E-state index contributed by atoms with van der Waals surface area (Å²) in [7, 11) is 0. The summed E-state index contributed by atoms with van der Waals surface area (Å²) in [5, 5.41) is 17.8. The highest BCUT2D eigenvalue weighted by atomic mass is 79.9. The first-order valence-corrected chi connectivity index (χ1v) is 6.78. The highest BCUT2D eigenvalue weighted by Crippen LogP contribution is 2.06. The fourth-order valence-electron chi connectivity index (χ4n) is 1.41. The maximum atomic E-state index is 11.3. The number of aryl methyl sites for hydroxylation is 1. The number of carbonyl (C=O) groups excluding carboxylic acids is 1. The van der Waals surface area contributed by atoms with Crippen LogP contribution in [0.5, 0.6) is 0 Å². The van der Waals surface area contributed by atoms with E-state index >= 15 is 0 Å². The fraction of sp³-hybridized carbons (Fsp3) is 0.545. The lowest BCUT2D eigenvalue weighted by atomic mass is 10.3. The van der Waals surface area contributed by atoms with Crippen LogP contribution in [0.3, 0.4) is 0 Å². The molecule has 1 heterocycles. The van der Waals surface area contributed by atoms with Crippen molar-refractivity contribution in [1.29, 1.82) is 0 Å². The van der Waals surface area contributed by atoms with Gasteiger partial charge in [0, 0.05) is 32.3 Å². The summed E-state index contributed by atoms with van der Waals surface area (Å²) in [6.45, 7) is 1.64. The van der Waals surface area contributed by atoms with E-state index in [0.29, 0.717) is 19.5 Å². The standard InChI is InChI=1S/C11H17BrN4O3/c12-9-7-15-16(8-9)6-2-5-14-11(19)13-4-1-3-10(17)18/h7-8H,1-6H2,(H,17,18)(H2,13,14,19). The predicted octanol–water partition coefficient (Wildman–Crippen LogP) is 1.20. The average Bonchev–Trinajstić information content (AvgIpc) is 2.76. The van der Waals surface area contributed by atoms with E-state index < -0.39 is 5.97 Å². The van der Waals surface area contributed by atoms with Crippen LogP contribution in [0.2, 0.25) is 0 Å². The zero-order chi connectivity index (χ0) is 14.1. The first-order valence-electron chi connectivity index (χ1n) is 5.99. The molecule has 0 bridgehead atoms. The van der Waals surface area contributed by atoms with Crippen molar-refractivity contribution in [2.45, 2.75) is 25.8 Å². The molecule has 8 heteroatoms. The van der Waals surface area contributed by atoms with Gasteiger partial charge in [-0.2, -0.15) is 5.10 Å². The van der Waals surface area contributed by atoms with Crippen LogP contribution in [0.1, 0.15) is 19.3 Å².